The highest BCUT2D eigenvalue weighted by atomic mass is 32.1. The average molecular weight is 340 g/mol. The van der Waals surface area contributed by atoms with Crippen molar-refractivity contribution in [1.82, 2.24) is 19.9 Å². The van der Waals surface area contributed by atoms with Crippen LogP contribution in [0.5, 0.6) is 0 Å². The molecule has 124 valence electrons. The molecule has 0 saturated carbocycles. The molecule has 0 bridgehead atoms. The average Bonchev–Trinajstić information content (AvgIpc) is 3.18. The van der Waals surface area contributed by atoms with Crippen molar-refractivity contribution in [2.45, 2.75) is 33.4 Å². The Bertz CT molecular complexity index is 923. The summed E-state index contributed by atoms with van der Waals surface area (Å²) in [5.74, 6) is 0.694. The first-order chi connectivity index (χ1) is 11.6. The van der Waals surface area contributed by atoms with E-state index in [-0.39, 0.29) is 5.56 Å². The summed E-state index contributed by atoms with van der Waals surface area (Å²) < 4.78 is 0. The smallest absolute Gasteiger partial charge is 0.255 e. The summed E-state index contributed by atoms with van der Waals surface area (Å²) in [6.07, 6.45) is 0.820. The van der Waals surface area contributed by atoms with Crippen LogP contribution in [0.15, 0.2) is 28.4 Å². The van der Waals surface area contributed by atoms with Crippen molar-refractivity contribution in [3.05, 3.63) is 62.1 Å². The fraction of sp³-hybridized carbons (Fsp3) is 0.333. The SMILES string of the molecule is Cc1cc(CN2CCc3nc(-c4cccs4)[nH]c(=O)c3C2)c(C)[nH]1. The summed E-state index contributed by atoms with van der Waals surface area (Å²) in [7, 11) is 0. The highest BCUT2D eigenvalue weighted by Crippen LogP contribution is 2.23. The van der Waals surface area contributed by atoms with Gasteiger partial charge < -0.3 is 9.97 Å². The van der Waals surface area contributed by atoms with Gasteiger partial charge in [-0.05, 0) is 36.9 Å². The number of hydrogen-bond donors (Lipinski definition) is 2. The van der Waals surface area contributed by atoms with Gasteiger partial charge in [-0.3, -0.25) is 9.69 Å². The lowest BCUT2D eigenvalue weighted by molar-refractivity contribution is 0.241. The van der Waals surface area contributed by atoms with Crippen molar-refractivity contribution in [3.8, 4) is 10.7 Å². The molecule has 0 fully saturated rings. The monoisotopic (exact) mass is 340 g/mol. The van der Waals surface area contributed by atoms with Gasteiger partial charge in [-0.2, -0.15) is 0 Å². The van der Waals surface area contributed by atoms with Gasteiger partial charge in [0.25, 0.3) is 5.56 Å². The first kappa shape index (κ1) is 15.4. The Morgan fingerprint density at radius 2 is 2.21 bits per heavy atom. The van der Waals surface area contributed by atoms with Gasteiger partial charge in [-0.25, -0.2) is 4.98 Å². The summed E-state index contributed by atoms with van der Waals surface area (Å²) in [5, 5.41) is 2.00. The molecule has 24 heavy (non-hydrogen) atoms. The predicted octanol–water partition coefficient (Wildman–Crippen LogP) is 3.00. The summed E-state index contributed by atoms with van der Waals surface area (Å²) in [6.45, 7) is 6.62. The fourth-order valence-electron chi connectivity index (χ4n) is 3.33. The zero-order chi connectivity index (χ0) is 16.7. The molecule has 0 aliphatic carbocycles. The number of rotatable bonds is 3. The maximum absolute atomic E-state index is 12.5. The molecule has 0 atom stereocenters. The highest BCUT2D eigenvalue weighted by molar-refractivity contribution is 7.13. The molecule has 0 saturated heterocycles. The third kappa shape index (κ3) is 2.83. The van der Waals surface area contributed by atoms with Gasteiger partial charge in [0.05, 0.1) is 16.1 Å². The third-order valence-electron chi connectivity index (χ3n) is 4.55. The molecule has 0 radical (unpaired) electrons. The number of aryl methyl sites for hydroxylation is 2. The van der Waals surface area contributed by atoms with Crippen LogP contribution < -0.4 is 5.56 Å². The highest BCUT2D eigenvalue weighted by Gasteiger charge is 2.22. The fourth-order valence-corrected chi connectivity index (χ4v) is 4.00. The van der Waals surface area contributed by atoms with Crippen molar-refractivity contribution in [3.63, 3.8) is 0 Å². The predicted molar refractivity (Wildman–Crippen MR) is 96.3 cm³/mol. The quantitative estimate of drug-likeness (QED) is 0.770. The second-order valence-electron chi connectivity index (χ2n) is 6.38. The van der Waals surface area contributed by atoms with Crippen molar-refractivity contribution in [1.29, 1.82) is 0 Å². The molecule has 3 aromatic heterocycles. The molecular weight excluding hydrogens is 320 g/mol. The van der Waals surface area contributed by atoms with Gasteiger partial charge in [0.15, 0.2) is 5.82 Å². The standard InChI is InChI=1S/C18H20N4OS/c1-11-8-13(12(2)19-11)9-22-6-5-15-14(10-22)18(23)21-17(20-15)16-4-3-7-24-16/h3-4,7-8,19H,5-6,9-10H2,1-2H3,(H,20,21,23). The molecule has 0 amide bonds. The van der Waals surface area contributed by atoms with E-state index in [0.29, 0.717) is 12.4 Å². The van der Waals surface area contributed by atoms with Crippen LogP contribution in [0.4, 0.5) is 0 Å². The minimum Gasteiger partial charge on any atom is -0.362 e. The Balaban J connectivity index is 1.59. The van der Waals surface area contributed by atoms with Crippen molar-refractivity contribution in [2.24, 2.45) is 0 Å². The third-order valence-corrected chi connectivity index (χ3v) is 5.43. The van der Waals surface area contributed by atoms with Crippen LogP contribution in [-0.2, 0) is 19.5 Å². The molecule has 0 unspecified atom stereocenters. The van der Waals surface area contributed by atoms with E-state index in [1.54, 1.807) is 11.3 Å². The Morgan fingerprint density at radius 3 is 2.92 bits per heavy atom. The minimum absolute atomic E-state index is 0.00456. The lowest BCUT2D eigenvalue weighted by Crippen LogP contribution is -2.35. The summed E-state index contributed by atoms with van der Waals surface area (Å²) in [5.41, 5.74) is 5.44. The second-order valence-corrected chi connectivity index (χ2v) is 7.33. The van der Waals surface area contributed by atoms with E-state index >= 15 is 0 Å². The number of thiophene rings is 1. The van der Waals surface area contributed by atoms with E-state index in [9.17, 15) is 4.79 Å². The zero-order valence-corrected chi connectivity index (χ0v) is 14.7. The van der Waals surface area contributed by atoms with Gasteiger partial charge in [0.1, 0.15) is 0 Å². The molecular formula is C18H20N4OS. The molecule has 3 aromatic rings. The first-order valence-electron chi connectivity index (χ1n) is 8.13. The molecule has 4 heterocycles. The number of nitrogens with one attached hydrogen (secondary N) is 2. The topological polar surface area (TPSA) is 64.8 Å². The molecule has 5 nitrogen and oxygen atoms in total. The molecule has 4 rings (SSSR count). The number of H-pyrrole nitrogens is 2. The van der Waals surface area contributed by atoms with E-state index in [1.165, 1.54) is 17.0 Å². The molecule has 1 aliphatic rings. The van der Waals surface area contributed by atoms with Gasteiger partial charge in [-0.15, -0.1) is 11.3 Å². The Kier molecular flexibility index (Phi) is 3.86. The van der Waals surface area contributed by atoms with Gasteiger partial charge in [-0.1, -0.05) is 6.07 Å². The van der Waals surface area contributed by atoms with Crippen molar-refractivity contribution in [2.75, 3.05) is 6.54 Å². The maximum atomic E-state index is 12.5. The molecule has 6 heteroatoms. The van der Waals surface area contributed by atoms with Gasteiger partial charge in [0, 0.05) is 37.4 Å². The van der Waals surface area contributed by atoms with Crippen LogP contribution >= 0.6 is 11.3 Å². The van der Waals surface area contributed by atoms with Crippen molar-refractivity contribution >= 4 is 11.3 Å². The van der Waals surface area contributed by atoms with Crippen LogP contribution in [0.2, 0.25) is 0 Å². The second kappa shape index (κ2) is 6.03. The normalized spacial score (nSPS) is 14.8. The lowest BCUT2D eigenvalue weighted by Gasteiger charge is -2.27. The van der Waals surface area contributed by atoms with E-state index in [1.807, 2.05) is 17.5 Å². The first-order valence-corrected chi connectivity index (χ1v) is 9.01. The maximum Gasteiger partial charge on any atom is 0.255 e. The summed E-state index contributed by atoms with van der Waals surface area (Å²) in [4.78, 5) is 26.8. The molecule has 2 N–H and O–H groups in total. The molecule has 0 spiro atoms. The van der Waals surface area contributed by atoms with Gasteiger partial charge in [0.2, 0.25) is 0 Å². The molecule has 1 aliphatic heterocycles. The number of aromatic nitrogens is 3. The van der Waals surface area contributed by atoms with E-state index in [4.69, 9.17) is 4.98 Å². The van der Waals surface area contributed by atoms with Crippen LogP contribution in [0, 0.1) is 13.8 Å². The molecule has 0 aromatic carbocycles. The number of aromatic amines is 2. The van der Waals surface area contributed by atoms with E-state index < -0.39 is 0 Å². The van der Waals surface area contributed by atoms with Crippen molar-refractivity contribution < 1.29 is 0 Å². The number of nitrogens with zero attached hydrogens (tertiary/aromatic N) is 2. The largest absolute Gasteiger partial charge is 0.362 e. The summed E-state index contributed by atoms with van der Waals surface area (Å²) in [6, 6.07) is 6.15. The van der Waals surface area contributed by atoms with Crippen LogP contribution in [0.3, 0.4) is 0 Å². The van der Waals surface area contributed by atoms with Gasteiger partial charge >= 0.3 is 0 Å². The number of hydrogen-bond acceptors (Lipinski definition) is 4. The van der Waals surface area contributed by atoms with E-state index in [2.05, 4.69) is 34.8 Å². The zero-order valence-electron chi connectivity index (χ0n) is 13.8. The van der Waals surface area contributed by atoms with Crippen LogP contribution in [-0.4, -0.2) is 26.4 Å². The Morgan fingerprint density at radius 1 is 1.33 bits per heavy atom. The minimum atomic E-state index is -0.00456. The van der Waals surface area contributed by atoms with Crippen LogP contribution in [0.25, 0.3) is 10.7 Å². The Labute approximate surface area is 144 Å². The van der Waals surface area contributed by atoms with Crippen LogP contribution in [0.1, 0.15) is 28.2 Å². The summed E-state index contributed by atoms with van der Waals surface area (Å²) >= 11 is 1.60. The van der Waals surface area contributed by atoms with E-state index in [0.717, 1.165) is 35.6 Å². The Hall–Kier alpha value is -2.18. The lowest BCUT2D eigenvalue weighted by atomic mass is 10.1. The number of fused-ring (bicyclic) bond motifs is 1.